The van der Waals surface area contributed by atoms with Crippen molar-refractivity contribution in [3.8, 4) is 0 Å². The second-order valence-corrected chi connectivity index (χ2v) is 5.63. The van der Waals surface area contributed by atoms with Gasteiger partial charge in [0.1, 0.15) is 0 Å². The predicted molar refractivity (Wildman–Crippen MR) is 65.3 cm³/mol. The van der Waals surface area contributed by atoms with Crippen molar-refractivity contribution in [3.63, 3.8) is 0 Å². The first-order chi connectivity index (χ1) is 7.63. The van der Waals surface area contributed by atoms with E-state index < -0.39 is 0 Å². The number of aliphatic hydroxyl groups is 1. The number of hydrogen-bond donors (Lipinski definition) is 2. The standard InChI is InChI=1S/C12H25N3O/c1-14-7-3-11(4-8-14)15-6-2-5-12(13,9-15)10-16/h11,16H,2-10,13H2,1H3. The highest BCUT2D eigenvalue weighted by atomic mass is 16.3. The summed E-state index contributed by atoms with van der Waals surface area (Å²) in [5.74, 6) is 0. The maximum atomic E-state index is 9.35. The molecular formula is C12H25N3O. The van der Waals surface area contributed by atoms with Gasteiger partial charge in [-0.1, -0.05) is 0 Å². The zero-order valence-electron chi connectivity index (χ0n) is 10.4. The number of aliphatic hydroxyl groups excluding tert-OH is 1. The first kappa shape index (κ1) is 12.3. The van der Waals surface area contributed by atoms with Gasteiger partial charge in [-0.15, -0.1) is 0 Å². The van der Waals surface area contributed by atoms with Crippen LogP contribution in [0.3, 0.4) is 0 Å². The lowest BCUT2D eigenvalue weighted by atomic mass is 9.89. The van der Waals surface area contributed by atoms with Crippen molar-refractivity contribution in [1.82, 2.24) is 9.80 Å². The molecule has 0 aromatic rings. The SMILES string of the molecule is CN1CCC(N2CCCC(N)(CO)C2)CC1. The molecule has 0 aliphatic carbocycles. The van der Waals surface area contributed by atoms with Crippen LogP contribution in [0, 0.1) is 0 Å². The van der Waals surface area contributed by atoms with Gasteiger partial charge < -0.3 is 15.7 Å². The summed E-state index contributed by atoms with van der Waals surface area (Å²) in [6.45, 7) is 4.54. The van der Waals surface area contributed by atoms with Crippen LogP contribution in [0.25, 0.3) is 0 Å². The molecule has 2 rings (SSSR count). The molecule has 0 amide bonds. The van der Waals surface area contributed by atoms with Gasteiger partial charge in [0.15, 0.2) is 0 Å². The number of nitrogens with two attached hydrogens (primary N) is 1. The number of piperidine rings is 2. The molecule has 1 unspecified atom stereocenters. The van der Waals surface area contributed by atoms with Crippen molar-refractivity contribution in [2.45, 2.75) is 37.3 Å². The molecule has 94 valence electrons. The molecule has 4 nitrogen and oxygen atoms in total. The van der Waals surface area contributed by atoms with E-state index in [1.165, 1.54) is 25.9 Å². The van der Waals surface area contributed by atoms with Crippen LogP contribution in [0.5, 0.6) is 0 Å². The van der Waals surface area contributed by atoms with E-state index in [1.807, 2.05) is 0 Å². The summed E-state index contributed by atoms with van der Waals surface area (Å²) in [6.07, 6.45) is 4.59. The van der Waals surface area contributed by atoms with Crippen LogP contribution >= 0.6 is 0 Å². The number of likely N-dealkylation sites (tertiary alicyclic amines) is 2. The zero-order valence-corrected chi connectivity index (χ0v) is 10.4. The quantitative estimate of drug-likeness (QED) is 0.690. The maximum absolute atomic E-state index is 9.35. The summed E-state index contributed by atoms with van der Waals surface area (Å²) < 4.78 is 0. The van der Waals surface area contributed by atoms with E-state index in [1.54, 1.807) is 0 Å². The van der Waals surface area contributed by atoms with Crippen LogP contribution in [0.4, 0.5) is 0 Å². The molecule has 0 aromatic carbocycles. The largest absolute Gasteiger partial charge is 0.394 e. The number of hydrogen-bond acceptors (Lipinski definition) is 4. The van der Waals surface area contributed by atoms with Crippen LogP contribution in [0.1, 0.15) is 25.7 Å². The van der Waals surface area contributed by atoms with Crippen LogP contribution in [0.2, 0.25) is 0 Å². The minimum Gasteiger partial charge on any atom is -0.394 e. The monoisotopic (exact) mass is 227 g/mol. The fraction of sp³-hybridized carbons (Fsp3) is 1.00. The van der Waals surface area contributed by atoms with Crippen molar-refractivity contribution >= 4 is 0 Å². The van der Waals surface area contributed by atoms with Gasteiger partial charge in [-0.05, 0) is 52.4 Å². The molecule has 0 saturated carbocycles. The predicted octanol–water partition coefficient (Wildman–Crippen LogP) is -0.134. The highest BCUT2D eigenvalue weighted by molar-refractivity contribution is 4.94. The molecule has 16 heavy (non-hydrogen) atoms. The fourth-order valence-electron chi connectivity index (χ4n) is 3.00. The average Bonchev–Trinajstić information content (AvgIpc) is 2.30. The van der Waals surface area contributed by atoms with E-state index in [4.69, 9.17) is 5.73 Å². The molecule has 0 bridgehead atoms. The first-order valence-corrected chi connectivity index (χ1v) is 6.45. The summed E-state index contributed by atoms with van der Waals surface area (Å²) >= 11 is 0. The Kier molecular flexibility index (Phi) is 3.85. The van der Waals surface area contributed by atoms with Gasteiger partial charge in [0.2, 0.25) is 0 Å². The third-order valence-electron chi connectivity index (χ3n) is 4.16. The van der Waals surface area contributed by atoms with E-state index in [2.05, 4.69) is 16.8 Å². The molecule has 1 atom stereocenters. The van der Waals surface area contributed by atoms with Crippen molar-refractivity contribution in [2.75, 3.05) is 39.8 Å². The minimum atomic E-state index is -0.346. The third kappa shape index (κ3) is 2.74. The summed E-state index contributed by atoms with van der Waals surface area (Å²) in [4.78, 5) is 4.90. The van der Waals surface area contributed by atoms with Crippen LogP contribution in [0.15, 0.2) is 0 Å². The summed E-state index contributed by atoms with van der Waals surface area (Å²) in [5.41, 5.74) is 5.83. The van der Waals surface area contributed by atoms with E-state index >= 15 is 0 Å². The molecule has 2 saturated heterocycles. The van der Waals surface area contributed by atoms with Gasteiger partial charge >= 0.3 is 0 Å². The number of nitrogens with zero attached hydrogens (tertiary/aromatic N) is 2. The second kappa shape index (κ2) is 5.00. The van der Waals surface area contributed by atoms with Crippen LogP contribution < -0.4 is 5.73 Å². The van der Waals surface area contributed by atoms with Gasteiger partial charge in [0.25, 0.3) is 0 Å². The van der Waals surface area contributed by atoms with Gasteiger partial charge in [-0.3, -0.25) is 4.90 Å². The molecular weight excluding hydrogens is 202 g/mol. The average molecular weight is 227 g/mol. The van der Waals surface area contributed by atoms with E-state index in [9.17, 15) is 5.11 Å². The Morgan fingerprint density at radius 2 is 2.00 bits per heavy atom. The van der Waals surface area contributed by atoms with Gasteiger partial charge in [-0.25, -0.2) is 0 Å². The molecule has 2 fully saturated rings. The Balaban J connectivity index is 1.89. The summed E-state index contributed by atoms with van der Waals surface area (Å²) in [7, 11) is 2.19. The smallest absolute Gasteiger partial charge is 0.0623 e. The highest BCUT2D eigenvalue weighted by Crippen LogP contribution is 2.24. The van der Waals surface area contributed by atoms with Crippen molar-refractivity contribution in [2.24, 2.45) is 5.73 Å². The zero-order chi connectivity index (χ0) is 11.6. The topological polar surface area (TPSA) is 52.7 Å². The number of rotatable bonds is 2. The van der Waals surface area contributed by atoms with Gasteiger partial charge in [0, 0.05) is 12.6 Å². The van der Waals surface area contributed by atoms with Gasteiger partial charge in [-0.2, -0.15) is 0 Å². The molecule has 0 radical (unpaired) electrons. The maximum Gasteiger partial charge on any atom is 0.0623 e. The Morgan fingerprint density at radius 3 is 2.62 bits per heavy atom. The summed E-state index contributed by atoms with van der Waals surface area (Å²) in [5, 5.41) is 9.35. The normalized spacial score (nSPS) is 35.4. The van der Waals surface area contributed by atoms with E-state index in [0.717, 1.165) is 25.9 Å². The van der Waals surface area contributed by atoms with Crippen molar-refractivity contribution < 1.29 is 5.11 Å². The van der Waals surface area contributed by atoms with Crippen molar-refractivity contribution in [3.05, 3.63) is 0 Å². The first-order valence-electron chi connectivity index (χ1n) is 6.45. The van der Waals surface area contributed by atoms with Crippen LogP contribution in [-0.4, -0.2) is 66.3 Å². The van der Waals surface area contributed by atoms with E-state index in [0.29, 0.717) is 6.04 Å². The fourth-order valence-corrected chi connectivity index (χ4v) is 3.00. The lowest BCUT2D eigenvalue weighted by Gasteiger charge is -2.45. The molecule has 0 spiro atoms. The Morgan fingerprint density at radius 1 is 1.31 bits per heavy atom. The van der Waals surface area contributed by atoms with Gasteiger partial charge in [0.05, 0.1) is 12.1 Å². The van der Waals surface area contributed by atoms with E-state index in [-0.39, 0.29) is 12.1 Å². The third-order valence-corrected chi connectivity index (χ3v) is 4.16. The molecule has 2 aliphatic heterocycles. The Labute approximate surface area is 98.4 Å². The molecule has 4 heteroatoms. The van der Waals surface area contributed by atoms with Crippen LogP contribution in [-0.2, 0) is 0 Å². The lowest BCUT2D eigenvalue weighted by Crippen LogP contribution is -2.59. The summed E-state index contributed by atoms with van der Waals surface area (Å²) in [6, 6.07) is 0.686. The molecule has 3 N–H and O–H groups in total. The molecule has 2 aliphatic rings. The second-order valence-electron chi connectivity index (χ2n) is 5.63. The minimum absolute atomic E-state index is 0.121. The molecule has 0 aromatic heterocycles. The Bertz CT molecular complexity index is 228. The van der Waals surface area contributed by atoms with Crippen molar-refractivity contribution in [1.29, 1.82) is 0 Å². The lowest BCUT2D eigenvalue weighted by molar-refractivity contribution is 0.0439. The highest BCUT2D eigenvalue weighted by Gasteiger charge is 2.34. The Hall–Kier alpha value is -0.160. The molecule has 2 heterocycles.